The molecule has 1 aromatic rings. The van der Waals surface area contributed by atoms with E-state index in [-0.39, 0.29) is 12.2 Å². The van der Waals surface area contributed by atoms with Crippen LogP contribution >= 0.6 is 0 Å². The summed E-state index contributed by atoms with van der Waals surface area (Å²) >= 11 is 0. The van der Waals surface area contributed by atoms with Gasteiger partial charge in [-0.1, -0.05) is 0 Å². The van der Waals surface area contributed by atoms with Gasteiger partial charge in [-0.15, -0.1) is 0 Å². The first-order valence-electron chi connectivity index (χ1n) is 4.83. The average molecular weight is 225 g/mol. The van der Waals surface area contributed by atoms with E-state index in [2.05, 4.69) is 15.3 Å². The highest BCUT2D eigenvalue weighted by atomic mass is 16.4. The van der Waals surface area contributed by atoms with Crippen molar-refractivity contribution >= 4 is 11.9 Å². The van der Waals surface area contributed by atoms with Crippen LogP contribution in [-0.4, -0.2) is 33.5 Å². The molecule has 1 saturated carbocycles. The van der Waals surface area contributed by atoms with Gasteiger partial charge in [-0.05, 0) is 12.8 Å². The number of amides is 1. The van der Waals surface area contributed by atoms with Gasteiger partial charge in [0.15, 0.2) is 0 Å². The molecular weight excluding hydrogens is 214 g/mol. The van der Waals surface area contributed by atoms with Crippen LogP contribution in [0.5, 0.6) is 0 Å². The van der Waals surface area contributed by atoms with Gasteiger partial charge in [0.25, 0.3) is 5.91 Å². The van der Waals surface area contributed by atoms with Crippen molar-refractivity contribution in [1.29, 1.82) is 0 Å². The van der Waals surface area contributed by atoms with Crippen molar-refractivity contribution in [2.24, 2.45) is 5.41 Å². The van der Waals surface area contributed by atoms with E-state index in [0.717, 1.165) is 0 Å². The van der Waals surface area contributed by atoms with Gasteiger partial charge in [-0.25, -0.2) is 4.79 Å². The molecule has 4 N–H and O–H groups in total. The van der Waals surface area contributed by atoms with Crippen LogP contribution in [0.25, 0.3) is 0 Å². The number of nitrogens with one attached hydrogen (secondary N) is 3. The summed E-state index contributed by atoms with van der Waals surface area (Å²) in [6.07, 6.45) is 2.40. The van der Waals surface area contributed by atoms with Crippen LogP contribution in [-0.2, 0) is 4.79 Å². The average Bonchev–Trinajstić information content (AvgIpc) is 2.92. The van der Waals surface area contributed by atoms with Gasteiger partial charge < -0.3 is 20.4 Å². The normalized spacial score (nSPS) is 16.8. The standard InChI is InChI=1S/C9H11N3O4/c13-6(5-3-10-8(16)12-5)11-4-9(1-2-9)7(14)15/h3H,1-2,4H2,(H,11,13)(H,14,15)(H2,10,12,16). The molecule has 2 rings (SSSR count). The lowest BCUT2D eigenvalue weighted by molar-refractivity contribution is -0.143. The van der Waals surface area contributed by atoms with Gasteiger partial charge in [0.1, 0.15) is 5.69 Å². The fourth-order valence-electron chi connectivity index (χ4n) is 1.42. The molecule has 86 valence electrons. The Kier molecular flexibility index (Phi) is 2.30. The molecule has 0 spiro atoms. The van der Waals surface area contributed by atoms with Crippen LogP contribution in [0.4, 0.5) is 0 Å². The third kappa shape index (κ3) is 1.83. The maximum Gasteiger partial charge on any atom is 0.323 e. The second kappa shape index (κ2) is 3.51. The minimum Gasteiger partial charge on any atom is -0.481 e. The summed E-state index contributed by atoms with van der Waals surface area (Å²) in [4.78, 5) is 37.6. The van der Waals surface area contributed by atoms with Crippen LogP contribution in [0.15, 0.2) is 11.0 Å². The van der Waals surface area contributed by atoms with Crippen molar-refractivity contribution in [1.82, 2.24) is 15.3 Å². The molecule has 1 aliphatic rings. The number of carboxylic acid groups (broad SMARTS) is 1. The van der Waals surface area contributed by atoms with Crippen LogP contribution in [0, 0.1) is 5.41 Å². The number of aliphatic carboxylic acids is 1. The van der Waals surface area contributed by atoms with Gasteiger partial charge >= 0.3 is 11.7 Å². The zero-order valence-corrected chi connectivity index (χ0v) is 8.37. The van der Waals surface area contributed by atoms with E-state index in [1.54, 1.807) is 0 Å². The van der Waals surface area contributed by atoms with E-state index in [0.29, 0.717) is 12.8 Å². The number of carboxylic acids is 1. The number of hydrogen-bond acceptors (Lipinski definition) is 3. The zero-order chi connectivity index (χ0) is 11.8. The van der Waals surface area contributed by atoms with E-state index >= 15 is 0 Å². The summed E-state index contributed by atoms with van der Waals surface area (Å²) in [7, 11) is 0. The molecule has 1 fully saturated rings. The topological polar surface area (TPSA) is 115 Å². The number of carbonyl (C=O) groups excluding carboxylic acids is 1. The van der Waals surface area contributed by atoms with E-state index in [4.69, 9.17) is 5.11 Å². The predicted molar refractivity (Wildman–Crippen MR) is 53.0 cm³/mol. The lowest BCUT2D eigenvalue weighted by Crippen LogP contribution is -2.34. The molecule has 7 nitrogen and oxygen atoms in total. The van der Waals surface area contributed by atoms with Crippen LogP contribution in [0.3, 0.4) is 0 Å². The fourth-order valence-corrected chi connectivity index (χ4v) is 1.42. The van der Waals surface area contributed by atoms with Crippen molar-refractivity contribution in [2.45, 2.75) is 12.8 Å². The predicted octanol–water partition coefficient (Wildman–Crippen LogP) is -0.702. The summed E-state index contributed by atoms with van der Waals surface area (Å²) < 4.78 is 0. The summed E-state index contributed by atoms with van der Waals surface area (Å²) in [6.45, 7) is 0.0916. The third-order valence-corrected chi connectivity index (χ3v) is 2.73. The first-order chi connectivity index (χ1) is 7.53. The molecule has 16 heavy (non-hydrogen) atoms. The van der Waals surface area contributed by atoms with Gasteiger partial charge in [0.2, 0.25) is 0 Å². The number of H-pyrrole nitrogens is 2. The lowest BCUT2D eigenvalue weighted by Gasteiger charge is -2.09. The zero-order valence-electron chi connectivity index (χ0n) is 8.37. The minimum atomic E-state index is -0.893. The molecule has 1 aliphatic carbocycles. The number of imidazole rings is 1. The Labute approximate surface area is 89.9 Å². The summed E-state index contributed by atoms with van der Waals surface area (Å²) in [6, 6.07) is 0. The van der Waals surface area contributed by atoms with Crippen LogP contribution in [0.1, 0.15) is 23.3 Å². The molecule has 7 heteroatoms. The van der Waals surface area contributed by atoms with Crippen molar-refractivity contribution in [3.05, 3.63) is 22.4 Å². The maximum absolute atomic E-state index is 11.5. The van der Waals surface area contributed by atoms with Gasteiger partial charge in [-0.2, -0.15) is 0 Å². The highest BCUT2D eigenvalue weighted by molar-refractivity contribution is 5.92. The van der Waals surface area contributed by atoms with E-state index in [1.807, 2.05) is 0 Å². The summed E-state index contributed by atoms with van der Waals surface area (Å²) in [5, 5.41) is 11.4. The second-order valence-corrected chi connectivity index (χ2v) is 3.92. The third-order valence-electron chi connectivity index (χ3n) is 2.73. The molecule has 1 heterocycles. The molecule has 0 radical (unpaired) electrons. The Hall–Kier alpha value is -2.05. The maximum atomic E-state index is 11.5. The molecule has 0 saturated heterocycles. The van der Waals surface area contributed by atoms with E-state index < -0.39 is 23.0 Å². The smallest absolute Gasteiger partial charge is 0.323 e. The Morgan fingerprint density at radius 3 is 2.62 bits per heavy atom. The SMILES string of the molecule is O=C(NCC1(C(=O)O)CC1)c1c[nH]c(=O)[nH]1. The van der Waals surface area contributed by atoms with E-state index in [9.17, 15) is 14.4 Å². The molecule has 0 unspecified atom stereocenters. The number of aromatic amines is 2. The molecular formula is C9H11N3O4. The molecule has 0 bridgehead atoms. The Balaban J connectivity index is 1.94. The van der Waals surface area contributed by atoms with Gasteiger partial charge in [0.05, 0.1) is 5.41 Å². The Morgan fingerprint density at radius 1 is 1.50 bits per heavy atom. The lowest BCUT2D eigenvalue weighted by atomic mass is 10.1. The van der Waals surface area contributed by atoms with Crippen LogP contribution in [0.2, 0.25) is 0 Å². The fraction of sp³-hybridized carbons (Fsp3) is 0.444. The molecule has 0 aromatic carbocycles. The summed E-state index contributed by atoms with van der Waals surface area (Å²) in [5.74, 6) is -1.37. The van der Waals surface area contributed by atoms with E-state index in [1.165, 1.54) is 6.20 Å². The van der Waals surface area contributed by atoms with Gasteiger partial charge in [-0.3, -0.25) is 9.59 Å². The molecule has 0 aliphatic heterocycles. The highest BCUT2D eigenvalue weighted by Crippen LogP contribution is 2.45. The van der Waals surface area contributed by atoms with Crippen molar-refractivity contribution in [3.8, 4) is 0 Å². The highest BCUT2D eigenvalue weighted by Gasteiger charge is 2.50. The number of carbonyl (C=O) groups is 2. The number of aromatic nitrogens is 2. The number of hydrogen-bond donors (Lipinski definition) is 4. The van der Waals surface area contributed by atoms with Crippen LogP contribution < -0.4 is 11.0 Å². The van der Waals surface area contributed by atoms with Crippen molar-refractivity contribution < 1.29 is 14.7 Å². The first-order valence-corrected chi connectivity index (χ1v) is 4.83. The molecule has 1 aromatic heterocycles. The first kappa shape index (κ1) is 10.5. The Bertz CT molecular complexity index is 483. The monoisotopic (exact) mass is 225 g/mol. The Morgan fingerprint density at radius 2 is 2.19 bits per heavy atom. The molecule has 0 atom stereocenters. The minimum absolute atomic E-state index is 0.0916. The quantitative estimate of drug-likeness (QED) is 0.542. The largest absolute Gasteiger partial charge is 0.481 e. The summed E-state index contributed by atoms with van der Waals surface area (Å²) in [5.41, 5.74) is -1.16. The number of rotatable bonds is 4. The van der Waals surface area contributed by atoms with Crippen molar-refractivity contribution in [2.75, 3.05) is 6.54 Å². The second-order valence-electron chi connectivity index (χ2n) is 3.92. The molecule has 1 amide bonds. The van der Waals surface area contributed by atoms with Gasteiger partial charge in [0, 0.05) is 12.7 Å². The van der Waals surface area contributed by atoms with Crippen molar-refractivity contribution in [3.63, 3.8) is 0 Å².